The highest BCUT2D eigenvalue weighted by Gasteiger charge is 2.41. The highest BCUT2D eigenvalue weighted by atomic mass is 16.5. The molecule has 4 rings (SSSR count). The zero-order valence-electron chi connectivity index (χ0n) is 16.8. The molecule has 0 aromatic heterocycles. The van der Waals surface area contributed by atoms with Crippen molar-refractivity contribution in [3.63, 3.8) is 0 Å². The summed E-state index contributed by atoms with van der Waals surface area (Å²) >= 11 is 0. The fraction of sp³-hybridized carbons (Fsp3) is 0.500. The van der Waals surface area contributed by atoms with Crippen LogP contribution in [-0.4, -0.2) is 26.3 Å². The molecule has 4 heteroatoms. The van der Waals surface area contributed by atoms with E-state index in [2.05, 4.69) is 53.3 Å². The van der Waals surface area contributed by atoms with Gasteiger partial charge in [-0.1, -0.05) is 36.4 Å². The van der Waals surface area contributed by atoms with E-state index < -0.39 is 0 Å². The number of methoxy groups -OCH3 is 1. The molecule has 2 fully saturated rings. The Morgan fingerprint density at radius 1 is 0.857 bits per heavy atom. The number of hydrazine groups is 1. The van der Waals surface area contributed by atoms with E-state index in [0.29, 0.717) is 6.10 Å². The number of ether oxygens (including phenoxy) is 2. The van der Waals surface area contributed by atoms with Gasteiger partial charge in [-0.15, -0.1) is 0 Å². The number of rotatable bonds is 10. The molecule has 2 aliphatic carbocycles. The van der Waals surface area contributed by atoms with Crippen LogP contribution in [-0.2, 0) is 12.8 Å². The van der Waals surface area contributed by atoms with Crippen molar-refractivity contribution >= 4 is 0 Å². The first-order chi connectivity index (χ1) is 13.8. The molecule has 2 aliphatic rings. The van der Waals surface area contributed by atoms with E-state index in [-0.39, 0.29) is 0 Å². The van der Waals surface area contributed by atoms with Crippen LogP contribution in [0.1, 0.15) is 36.8 Å². The summed E-state index contributed by atoms with van der Waals surface area (Å²) < 4.78 is 11.9. The molecule has 0 radical (unpaired) electrons. The van der Waals surface area contributed by atoms with Crippen molar-refractivity contribution in [1.29, 1.82) is 0 Å². The summed E-state index contributed by atoms with van der Waals surface area (Å²) in [6.45, 7) is 1.81. The first kappa shape index (κ1) is 19.3. The van der Waals surface area contributed by atoms with Crippen molar-refractivity contribution in [1.82, 2.24) is 10.9 Å². The van der Waals surface area contributed by atoms with E-state index in [0.717, 1.165) is 49.3 Å². The minimum absolute atomic E-state index is 0.376. The third-order valence-corrected chi connectivity index (χ3v) is 6.22. The van der Waals surface area contributed by atoms with Crippen molar-refractivity contribution in [2.45, 2.75) is 44.6 Å². The van der Waals surface area contributed by atoms with Gasteiger partial charge in [0.05, 0.1) is 7.11 Å². The molecule has 150 valence electrons. The zero-order valence-corrected chi connectivity index (χ0v) is 16.8. The van der Waals surface area contributed by atoms with Crippen molar-refractivity contribution in [3.05, 3.63) is 59.7 Å². The topological polar surface area (TPSA) is 42.5 Å². The lowest BCUT2D eigenvalue weighted by Gasteiger charge is -2.24. The molecule has 0 amide bonds. The van der Waals surface area contributed by atoms with E-state index in [4.69, 9.17) is 9.47 Å². The summed E-state index contributed by atoms with van der Waals surface area (Å²) in [5.41, 5.74) is 9.27. The van der Waals surface area contributed by atoms with E-state index >= 15 is 0 Å². The first-order valence-corrected chi connectivity index (χ1v) is 10.6. The molecule has 3 atom stereocenters. The van der Waals surface area contributed by atoms with E-state index in [1.165, 1.54) is 36.8 Å². The van der Waals surface area contributed by atoms with Crippen LogP contribution in [0.2, 0.25) is 0 Å². The molecule has 28 heavy (non-hydrogen) atoms. The lowest BCUT2D eigenvalue weighted by molar-refractivity contribution is 0.133. The summed E-state index contributed by atoms with van der Waals surface area (Å²) in [6.07, 6.45) is 7.64. The predicted octanol–water partition coefficient (Wildman–Crippen LogP) is 4.14. The van der Waals surface area contributed by atoms with Crippen LogP contribution >= 0.6 is 0 Å². The summed E-state index contributed by atoms with van der Waals surface area (Å²) in [5, 5.41) is 0. The molecule has 2 aromatic carbocycles. The SMILES string of the molecule is COc1ccc(CCNNCCc2ccccc2)cc1OC1CC2CCC1C2. The number of benzene rings is 2. The van der Waals surface area contributed by atoms with Crippen LogP contribution in [0.25, 0.3) is 0 Å². The van der Waals surface area contributed by atoms with E-state index in [1.807, 2.05) is 6.07 Å². The summed E-state index contributed by atoms with van der Waals surface area (Å²) in [6, 6.07) is 16.9. The average Bonchev–Trinajstić information content (AvgIpc) is 3.35. The maximum atomic E-state index is 6.40. The molecule has 4 nitrogen and oxygen atoms in total. The number of hydrogen-bond donors (Lipinski definition) is 2. The normalized spacial score (nSPS) is 23.1. The van der Waals surface area contributed by atoms with Crippen molar-refractivity contribution < 1.29 is 9.47 Å². The number of fused-ring (bicyclic) bond motifs is 2. The van der Waals surface area contributed by atoms with Gasteiger partial charge < -0.3 is 9.47 Å². The zero-order chi connectivity index (χ0) is 19.2. The van der Waals surface area contributed by atoms with E-state index in [9.17, 15) is 0 Å². The highest BCUT2D eigenvalue weighted by molar-refractivity contribution is 5.43. The monoisotopic (exact) mass is 380 g/mol. The smallest absolute Gasteiger partial charge is 0.161 e. The molecule has 2 saturated carbocycles. The minimum Gasteiger partial charge on any atom is -0.493 e. The predicted molar refractivity (Wildman–Crippen MR) is 113 cm³/mol. The minimum atomic E-state index is 0.376. The molecule has 0 aliphatic heterocycles. The Hall–Kier alpha value is -2.04. The van der Waals surface area contributed by atoms with Crippen LogP contribution in [0.15, 0.2) is 48.5 Å². The second kappa shape index (κ2) is 9.44. The standard InChI is InChI=1S/C24H32N2O2/c1-27-22-10-8-19(12-14-26-25-13-11-18-5-3-2-4-6-18)16-24(22)28-23-17-20-7-9-21(23)15-20/h2-6,8,10,16,20-21,23,25-26H,7,9,11-15,17H2,1H3. The lowest BCUT2D eigenvalue weighted by Crippen LogP contribution is -2.34. The fourth-order valence-corrected chi connectivity index (χ4v) is 4.70. The molecule has 2 bridgehead atoms. The van der Waals surface area contributed by atoms with Gasteiger partial charge in [0.15, 0.2) is 11.5 Å². The van der Waals surface area contributed by atoms with Crippen molar-refractivity contribution in [2.75, 3.05) is 20.2 Å². The third-order valence-electron chi connectivity index (χ3n) is 6.22. The Kier molecular flexibility index (Phi) is 6.50. The van der Waals surface area contributed by atoms with Gasteiger partial charge >= 0.3 is 0 Å². The Bertz CT molecular complexity index is 750. The lowest BCUT2D eigenvalue weighted by atomic mass is 9.97. The first-order valence-electron chi connectivity index (χ1n) is 10.6. The van der Waals surface area contributed by atoms with Gasteiger partial charge in [0.1, 0.15) is 6.10 Å². The Balaban J connectivity index is 1.23. The second-order valence-electron chi connectivity index (χ2n) is 8.16. The molecule has 3 unspecified atom stereocenters. The average molecular weight is 381 g/mol. The maximum absolute atomic E-state index is 6.40. The fourth-order valence-electron chi connectivity index (χ4n) is 4.70. The molecular weight excluding hydrogens is 348 g/mol. The van der Waals surface area contributed by atoms with Crippen LogP contribution in [0.4, 0.5) is 0 Å². The van der Waals surface area contributed by atoms with Gasteiger partial charge in [-0.25, -0.2) is 0 Å². The highest BCUT2D eigenvalue weighted by Crippen LogP contribution is 2.46. The van der Waals surface area contributed by atoms with Gasteiger partial charge in [0.25, 0.3) is 0 Å². The molecule has 2 N–H and O–H groups in total. The van der Waals surface area contributed by atoms with Gasteiger partial charge in [0.2, 0.25) is 0 Å². The van der Waals surface area contributed by atoms with Crippen LogP contribution < -0.4 is 20.3 Å². The molecule has 2 aromatic rings. The van der Waals surface area contributed by atoms with Gasteiger partial charge in [0, 0.05) is 13.1 Å². The van der Waals surface area contributed by atoms with Gasteiger partial charge in [-0.3, -0.25) is 10.9 Å². The number of nitrogens with one attached hydrogen (secondary N) is 2. The van der Waals surface area contributed by atoms with Crippen molar-refractivity contribution in [3.8, 4) is 11.5 Å². The summed E-state index contributed by atoms with van der Waals surface area (Å²) in [7, 11) is 1.72. The molecule has 0 heterocycles. The second-order valence-corrected chi connectivity index (χ2v) is 8.16. The molecule has 0 spiro atoms. The number of hydrogen-bond acceptors (Lipinski definition) is 4. The Morgan fingerprint density at radius 2 is 1.64 bits per heavy atom. The third kappa shape index (κ3) is 4.86. The largest absolute Gasteiger partial charge is 0.493 e. The Morgan fingerprint density at radius 3 is 2.32 bits per heavy atom. The Labute approximate surface area is 168 Å². The molecular formula is C24H32N2O2. The molecule has 0 saturated heterocycles. The van der Waals surface area contributed by atoms with Crippen LogP contribution in [0, 0.1) is 11.8 Å². The van der Waals surface area contributed by atoms with Crippen LogP contribution in [0.3, 0.4) is 0 Å². The summed E-state index contributed by atoms with van der Waals surface area (Å²) in [5.74, 6) is 3.39. The van der Waals surface area contributed by atoms with Gasteiger partial charge in [-0.05, 0) is 73.6 Å². The van der Waals surface area contributed by atoms with Crippen molar-refractivity contribution in [2.24, 2.45) is 11.8 Å². The quantitative estimate of drug-likeness (QED) is 0.480. The van der Waals surface area contributed by atoms with Gasteiger partial charge in [-0.2, -0.15) is 0 Å². The maximum Gasteiger partial charge on any atom is 0.161 e. The van der Waals surface area contributed by atoms with E-state index in [1.54, 1.807) is 7.11 Å². The summed E-state index contributed by atoms with van der Waals surface area (Å²) in [4.78, 5) is 0. The van der Waals surface area contributed by atoms with Crippen LogP contribution in [0.5, 0.6) is 11.5 Å².